The van der Waals surface area contributed by atoms with Crippen LogP contribution in [0.2, 0.25) is 0 Å². The number of aromatic hydroxyl groups is 1. The molecule has 106 valence electrons. The molecule has 0 saturated heterocycles. The summed E-state index contributed by atoms with van der Waals surface area (Å²) < 4.78 is 0. The Bertz CT molecular complexity index is 825. The van der Waals surface area contributed by atoms with E-state index in [-0.39, 0.29) is 12.4 Å². The largest absolute Gasteiger partial charge is 0.507 e. The number of rotatable bonds is 2. The monoisotopic (exact) mass is 279 g/mol. The fraction of sp³-hybridized carbons (Fsp3) is 0.167. The van der Waals surface area contributed by atoms with E-state index < -0.39 is 0 Å². The molecule has 21 heavy (non-hydrogen) atoms. The summed E-state index contributed by atoms with van der Waals surface area (Å²) in [4.78, 5) is 4.70. The molecule has 2 N–H and O–H groups in total. The lowest BCUT2D eigenvalue weighted by Gasteiger charge is -2.12. The number of fused-ring (bicyclic) bond motifs is 1. The number of pyridine rings is 1. The van der Waals surface area contributed by atoms with Crippen molar-refractivity contribution in [3.05, 3.63) is 59.2 Å². The Morgan fingerprint density at radius 3 is 2.52 bits per heavy atom. The number of aromatic nitrogens is 1. The first-order valence-electron chi connectivity index (χ1n) is 6.91. The highest BCUT2D eigenvalue weighted by atomic mass is 16.3. The molecule has 3 nitrogen and oxygen atoms in total. The van der Waals surface area contributed by atoms with Gasteiger partial charge in [0.25, 0.3) is 0 Å². The molecule has 0 atom stereocenters. The van der Waals surface area contributed by atoms with Crippen molar-refractivity contribution in [2.75, 3.05) is 0 Å². The molecule has 0 bridgehead atoms. The smallest absolute Gasteiger partial charge is 0.124 e. The van der Waals surface area contributed by atoms with Gasteiger partial charge in [0.2, 0.25) is 0 Å². The van der Waals surface area contributed by atoms with Gasteiger partial charge in [-0.3, -0.25) is 0 Å². The maximum atomic E-state index is 10.0. The molecular formula is C18H17NO2. The van der Waals surface area contributed by atoms with Crippen molar-refractivity contribution in [2.24, 2.45) is 0 Å². The molecule has 0 aliphatic heterocycles. The van der Waals surface area contributed by atoms with Crippen LogP contribution in [-0.4, -0.2) is 15.2 Å². The first-order chi connectivity index (χ1) is 10.1. The van der Waals surface area contributed by atoms with Gasteiger partial charge in [-0.25, -0.2) is 4.98 Å². The van der Waals surface area contributed by atoms with Crippen molar-refractivity contribution in [1.82, 2.24) is 4.98 Å². The SMILES string of the molecule is Cc1cc(-c2ccccc2O)nc2c(C)c(CO)ccc12. The molecule has 0 aliphatic carbocycles. The minimum atomic E-state index is 0.00329. The van der Waals surface area contributed by atoms with Crippen LogP contribution in [0, 0.1) is 13.8 Å². The number of aryl methyl sites for hydroxylation is 2. The molecule has 0 fully saturated rings. The van der Waals surface area contributed by atoms with E-state index in [4.69, 9.17) is 4.98 Å². The molecule has 0 aliphatic rings. The van der Waals surface area contributed by atoms with Gasteiger partial charge in [-0.2, -0.15) is 0 Å². The molecule has 2 aromatic carbocycles. The third kappa shape index (κ3) is 2.26. The maximum absolute atomic E-state index is 10.0. The number of phenolic OH excluding ortho intramolecular Hbond substituents is 1. The highest BCUT2D eigenvalue weighted by Gasteiger charge is 2.11. The number of hydrogen-bond donors (Lipinski definition) is 2. The number of aliphatic hydroxyl groups excluding tert-OH is 1. The normalized spacial score (nSPS) is 11.0. The summed E-state index contributed by atoms with van der Waals surface area (Å²) in [6, 6.07) is 13.1. The van der Waals surface area contributed by atoms with Crippen molar-refractivity contribution in [2.45, 2.75) is 20.5 Å². The van der Waals surface area contributed by atoms with Gasteiger partial charge >= 0.3 is 0 Å². The average molecular weight is 279 g/mol. The highest BCUT2D eigenvalue weighted by Crippen LogP contribution is 2.31. The second-order valence-corrected chi connectivity index (χ2v) is 5.25. The molecule has 0 unspecified atom stereocenters. The van der Waals surface area contributed by atoms with E-state index in [1.807, 2.05) is 44.2 Å². The minimum absolute atomic E-state index is 0.00329. The number of nitrogens with zero attached hydrogens (tertiary/aromatic N) is 1. The minimum Gasteiger partial charge on any atom is -0.507 e. The van der Waals surface area contributed by atoms with Gasteiger partial charge in [0.15, 0.2) is 0 Å². The maximum Gasteiger partial charge on any atom is 0.124 e. The summed E-state index contributed by atoms with van der Waals surface area (Å²) in [5, 5.41) is 20.5. The summed E-state index contributed by atoms with van der Waals surface area (Å²) in [5.41, 5.74) is 5.30. The average Bonchev–Trinajstić information content (AvgIpc) is 2.48. The van der Waals surface area contributed by atoms with Crippen LogP contribution >= 0.6 is 0 Å². The number of phenols is 1. The van der Waals surface area contributed by atoms with Crippen molar-refractivity contribution in [3.63, 3.8) is 0 Å². The van der Waals surface area contributed by atoms with Crippen LogP contribution in [0.4, 0.5) is 0 Å². The zero-order valence-electron chi connectivity index (χ0n) is 12.1. The number of hydrogen-bond acceptors (Lipinski definition) is 3. The van der Waals surface area contributed by atoms with E-state index in [1.54, 1.807) is 12.1 Å². The quantitative estimate of drug-likeness (QED) is 0.751. The molecule has 0 spiro atoms. The van der Waals surface area contributed by atoms with Gasteiger partial charge in [0, 0.05) is 10.9 Å². The summed E-state index contributed by atoms with van der Waals surface area (Å²) in [6.45, 7) is 4.00. The van der Waals surface area contributed by atoms with Crippen LogP contribution in [0.5, 0.6) is 5.75 Å². The standard InChI is InChI=1S/C18H17NO2/c1-11-9-16(15-5-3-4-6-17(15)21)19-18-12(2)13(10-20)7-8-14(11)18/h3-9,20-21H,10H2,1-2H3. The van der Waals surface area contributed by atoms with Gasteiger partial charge in [-0.15, -0.1) is 0 Å². The molecule has 3 rings (SSSR count). The molecule has 1 heterocycles. The first kappa shape index (κ1) is 13.6. The van der Waals surface area contributed by atoms with E-state index in [2.05, 4.69) is 0 Å². The van der Waals surface area contributed by atoms with Crippen molar-refractivity contribution in [1.29, 1.82) is 0 Å². The van der Waals surface area contributed by atoms with E-state index >= 15 is 0 Å². The first-order valence-corrected chi connectivity index (χ1v) is 6.91. The molecule has 3 aromatic rings. The summed E-state index contributed by atoms with van der Waals surface area (Å²) in [7, 11) is 0. The molecule has 0 amide bonds. The molecule has 0 saturated carbocycles. The van der Waals surface area contributed by atoms with Crippen molar-refractivity contribution < 1.29 is 10.2 Å². The van der Waals surface area contributed by atoms with Crippen LogP contribution in [0.3, 0.4) is 0 Å². The molecule has 3 heteroatoms. The summed E-state index contributed by atoms with van der Waals surface area (Å²) in [5.74, 6) is 0.222. The third-order valence-corrected chi connectivity index (χ3v) is 3.90. The molecule has 0 radical (unpaired) electrons. The van der Waals surface area contributed by atoms with Crippen LogP contribution in [0.15, 0.2) is 42.5 Å². The Balaban J connectivity index is 2.32. The van der Waals surface area contributed by atoms with E-state index in [1.165, 1.54) is 0 Å². The van der Waals surface area contributed by atoms with E-state index in [9.17, 15) is 10.2 Å². The summed E-state index contributed by atoms with van der Waals surface area (Å²) >= 11 is 0. The second kappa shape index (κ2) is 5.19. The lowest BCUT2D eigenvalue weighted by molar-refractivity contribution is 0.281. The number of para-hydroxylation sites is 1. The van der Waals surface area contributed by atoms with Crippen LogP contribution in [-0.2, 0) is 6.61 Å². The lowest BCUT2D eigenvalue weighted by atomic mass is 9.99. The van der Waals surface area contributed by atoms with Crippen LogP contribution < -0.4 is 0 Å². The Labute approximate surface area is 123 Å². The Morgan fingerprint density at radius 1 is 1.05 bits per heavy atom. The van der Waals surface area contributed by atoms with E-state index in [0.717, 1.165) is 38.9 Å². The van der Waals surface area contributed by atoms with Gasteiger partial charge < -0.3 is 10.2 Å². The van der Waals surface area contributed by atoms with E-state index in [0.29, 0.717) is 0 Å². The van der Waals surface area contributed by atoms with Crippen molar-refractivity contribution in [3.8, 4) is 17.0 Å². The second-order valence-electron chi connectivity index (χ2n) is 5.25. The van der Waals surface area contributed by atoms with Crippen LogP contribution in [0.25, 0.3) is 22.2 Å². The third-order valence-electron chi connectivity index (χ3n) is 3.90. The zero-order chi connectivity index (χ0) is 15.0. The van der Waals surface area contributed by atoms with Gasteiger partial charge in [0.1, 0.15) is 5.75 Å². The van der Waals surface area contributed by atoms with Gasteiger partial charge in [-0.05, 0) is 48.7 Å². The van der Waals surface area contributed by atoms with Crippen LogP contribution in [0.1, 0.15) is 16.7 Å². The van der Waals surface area contributed by atoms with Gasteiger partial charge in [-0.1, -0.05) is 24.3 Å². The number of aliphatic hydroxyl groups is 1. The zero-order valence-corrected chi connectivity index (χ0v) is 12.1. The topological polar surface area (TPSA) is 53.4 Å². The highest BCUT2D eigenvalue weighted by molar-refractivity contribution is 5.88. The number of benzene rings is 2. The van der Waals surface area contributed by atoms with Crippen molar-refractivity contribution >= 4 is 10.9 Å². The predicted molar refractivity (Wildman–Crippen MR) is 84.2 cm³/mol. The fourth-order valence-corrected chi connectivity index (χ4v) is 2.64. The fourth-order valence-electron chi connectivity index (χ4n) is 2.64. The predicted octanol–water partition coefficient (Wildman–Crippen LogP) is 3.72. The Kier molecular flexibility index (Phi) is 3.35. The Morgan fingerprint density at radius 2 is 1.81 bits per heavy atom. The Hall–Kier alpha value is -2.39. The molecular weight excluding hydrogens is 262 g/mol. The molecule has 1 aromatic heterocycles. The summed E-state index contributed by atoms with van der Waals surface area (Å²) in [6.07, 6.45) is 0. The van der Waals surface area contributed by atoms with Gasteiger partial charge in [0.05, 0.1) is 17.8 Å². The lowest BCUT2D eigenvalue weighted by Crippen LogP contribution is -1.95.